The highest BCUT2D eigenvalue weighted by molar-refractivity contribution is 7.99. The maximum Gasteiger partial charge on any atom is 0.106 e. The second kappa shape index (κ2) is 11.4. The summed E-state index contributed by atoms with van der Waals surface area (Å²) in [7, 11) is 2.19. The van der Waals surface area contributed by atoms with Gasteiger partial charge in [-0.05, 0) is 57.1 Å². The van der Waals surface area contributed by atoms with Crippen molar-refractivity contribution in [3.63, 3.8) is 0 Å². The molecule has 2 aromatic carbocycles. The Morgan fingerprint density at radius 3 is 2.50 bits per heavy atom. The first-order valence-corrected chi connectivity index (χ1v) is 11.8. The SMILES string of the molecule is CCN(C)C[C@@H](C)N1c2ccccc2Sc2ccc(C(=S)NCCC(C)C)cc21.Cl. The number of halogens is 1. The molecule has 0 saturated heterocycles. The predicted octanol–water partition coefficient (Wildman–Crippen LogP) is 6.36. The third-order valence-electron chi connectivity index (χ3n) is 5.39. The zero-order valence-corrected chi connectivity index (χ0v) is 21.1. The van der Waals surface area contributed by atoms with E-state index in [1.165, 1.54) is 21.2 Å². The van der Waals surface area contributed by atoms with Crippen LogP contribution in [0, 0.1) is 5.92 Å². The van der Waals surface area contributed by atoms with Crippen molar-refractivity contribution in [2.24, 2.45) is 5.92 Å². The first-order valence-electron chi connectivity index (χ1n) is 10.6. The standard InChI is InChI=1S/C24H33N3S2.ClH/c1-6-26(5)16-18(4)27-20-9-7-8-10-22(20)29-23-12-11-19(15-21(23)27)24(28)25-14-13-17(2)3;/h7-12,15,17-18H,6,13-14,16H2,1-5H3,(H,25,28);1H/t18-;/m1./s1. The van der Waals surface area contributed by atoms with E-state index in [-0.39, 0.29) is 12.4 Å². The number of thiocarbonyl (C=S) groups is 1. The Morgan fingerprint density at radius 1 is 1.10 bits per heavy atom. The van der Waals surface area contributed by atoms with Crippen LogP contribution in [0.3, 0.4) is 0 Å². The summed E-state index contributed by atoms with van der Waals surface area (Å²) in [6, 6.07) is 15.7. The molecule has 6 heteroatoms. The fourth-order valence-electron chi connectivity index (χ4n) is 3.64. The number of rotatable bonds is 8. The summed E-state index contributed by atoms with van der Waals surface area (Å²) in [6.45, 7) is 12.0. The Morgan fingerprint density at radius 2 is 1.80 bits per heavy atom. The van der Waals surface area contributed by atoms with Crippen LogP contribution < -0.4 is 10.2 Å². The highest BCUT2D eigenvalue weighted by atomic mass is 35.5. The van der Waals surface area contributed by atoms with E-state index >= 15 is 0 Å². The first-order chi connectivity index (χ1) is 13.9. The third kappa shape index (κ3) is 5.91. The number of anilines is 2. The number of fused-ring (bicyclic) bond motifs is 2. The molecule has 164 valence electrons. The van der Waals surface area contributed by atoms with Crippen LogP contribution >= 0.6 is 36.4 Å². The summed E-state index contributed by atoms with van der Waals surface area (Å²) < 4.78 is 0. The fraction of sp³-hybridized carbons (Fsp3) is 0.458. The van der Waals surface area contributed by atoms with Gasteiger partial charge in [0.15, 0.2) is 0 Å². The van der Waals surface area contributed by atoms with Crippen molar-refractivity contribution in [1.82, 2.24) is 10.2 Å². The largest absolute Gasteiger partial charge is 0.376 e. The number of likely N-dealkylation sites (N-methyl/N-ethyl adjacent to an activating group) is 1. The molecular weight excluding hydrogens is 430 g/mol. The summed E-state index contributed by atoms with van der Waals surface area (Å²) in [5, 5.41) is 3.44. The Labute approximate surface area is 198 Å². The van der Waals surface area contributed by atoms with Crippen LogP contribution in [0.15, 0.2) is 52.3 Å². The van der Waals surface area contributed by atoms with Crippen molar-refractivity contribution < 1.29 is 0 Å². The quantitative estimate of drug-likeness (QED) is 0.457. The minimum absolute atomic E-state index is 0. The molecular formula is C24H34ClN3S2. The molecule has 1 heterocycles. The average molecular weight is 464 g/mol. The van der Waals surface area contributed by atoms with Gasteiger partial charge >= 0.3 is 0 Å². The van der Waals surface area contributed by atoms with Crippen molar-refractivity contribution in [1.29, 1.82) is 0 Å². The molecule has 0 bridgehead atoms. The molecule has 1 aliphatic rings. The van der Waals surface area contributed by atoms with Crippen molar-refractivity contribution in [2.75, 3.05) is 31.6 Å². The smallest absolute Gasteiger partial charge is 0.106 e. The van der Waals surface area contributed by atoms with Gasteiger partial charge in [-0.15, -0.1) is 12.4 Å². The van der Waals surface area contributed by atoms with Crippen molar-refractivity contribution in [2.45, 2.75) is 49.9 Å². The van der Waals surface area contributed by atoms with Gasteiger partial charge in [-0.2, -0.15) is 0 Å². The molecule has 0 unspecified atom stereocenters. The van der Waals surface area contributed by atoms with E-state index in [1.807, 2.05) is 11.8 Å². The average Bonchev–Trinajstić information content (AvgIpc) is 2.70. The highest BCUT2D eigenvalue weighted by Crippen LogP contribution is 2.49. The summed E-state index contributed by atoms with van der Waals surface area (Å²) in [6.07, 6.45) is 1.13. The minimum Gasteiger partial charge on any atom is -0.376 e. The normalized spacial score (nSPS) is 13.5. The van der Waals surface area contributed by atoms with Crippen LogP contribution in [-0.2, 0) is 0 Å². The van der Waals surface area contributed by atoms with Gasteiger partial charge in [-0.25, -0.2) is 0 Å². The van der Waals surface area contributed by atoms with E-state index in [2.05, 4.69) is 92.3 Å². The van der Waals surface area contributed by atoms with Gasteiger partial charge in [0, 0.05) is 34.5 Å². The van der Waals surface area contributed by atoms with E-state index in [4.69, 9.17) is 12.2 Å². The van der Waals surface area contributed by atoms with Crippen molar-refractivity contribution in [3.8, 4) is 0 Å². The zero-order valence-electron chi connectivity index (χ0n) is 18.6. The molecule has 0 spiro atoms. The summed E-state index contributed by atoms with van der Waals surface area (Å²) in [4.78, 5) is 8.32. The van der Waals surface area contributed by atoms with E-state index in [1.54, 1.807) is 0 Å². The summed E-state index contributed by atoms with van der Waals surface area (Å²) >= 11 is 7.56. The minimum atomic E-state index is 0. The van der Waals surface area contributed by atoms with Gasteiger partial charge in [0.05, 0.1) is 11.4 Å². The molecule has 1 atom stereocenters. The van der Waals surface area contributed by atoms with Crippen LogP contribution in [0.4, 0.5) is 11.4 Å². The monoisotopic (exact) mass is 463 g/mol. The van der Waals surface area contributed by atoms with Crippen LogP contribution in [0.1, 0.15) is 39.7 Å². The number of para-hydroxylation sites is 1. The molecule has 2 aromatic rings. The molecule has 3 rings (SSSR count). The Balaban J connectivity index is 0.00000320. The van der Waals surface area contributed by atoms with Crippen LogP contribution in [-0.4, -0.2) is 42.6 Å². The maximum absolute atomic E-state index is 5.70. The van der Waals surface area contributed by atoms with Gasteiger partial charge in [0.25, 0.3) is 0 Å². The van der Waals surface area contributed by atoms with Gasteiger partial charge in [-0.3, -0.25) is 0 Å². The van der Waals surface area contributed by atoms with E-state index in [0.717, 1.165) is 36.6 Å². The highest BCUT2D eigenvalue weighted by Gasteiger charge is 2.28. The van der Waals surface area contributed by atoms with Crippen molar-refractivity contribution >= 4 is 52.8 Å². The zero-order chi connectivity index (χ0) is 21.0. The molecule has 0 saturated carbocycles. The molecule has 0 fully saturated rings. The maximum atomic E-state index is 5.70. The molecule has 1 N–H and O–H groups in total. The lowest BCUT2D eigenvalue weighted by atomic mass is 10.1. The van der Waals surface area contributed by atoms with E-state index < -0.39 is 0 Å². The van der Waals surface area contributed by atoms with Crippen LogP contribution in [0.25, 0.3) is 0 Å². The van der Waals surface area contributed by atoms with Gasteiger partial charge < -0.3 is 15.1 Å². The Kier molecular flexibility index (Phi) is 9.48. The molecule has 3 nitrogen and oxygen atoms in total. The number of hydrogen-bond donors (Lipinski definition) is 1. The molecule has 0 aliphatic carbocycles. The van der Waals surface area contributed by atoms with Crippen molar-refractivity contribution in [3.05, 3.63) is 48.0 Å². The van der Waals surface area contributed by atoms with Gasteiger partial charge in [0.2, 0.25) is 0 Å². The Hall–Kier alpha value is -1.27. The first kappa shape index (κ1) is 25.0. The van der Waals surface area contributed by atoms with Crippen LogP contribution in [0.2, 0.25) is 0 Å². The molecule has 0 aromatic heterocycles. The molecule has 0 amide bonds. The van der Waals surface area contributed by atoms with E-state index in [9.17, 15) is 0 Å². The lowest BCUT2D eigenvalue weighted by Crippen LogP contribution is -2.39. The lowest BCUT2D eigenvalue weighted by molar-refractivity contribution is 0.332. The summed E-state index contributed by atoms with van der Waals surface area (Å²) in [5.41, 5.74) is 3.65. The number of nitrogens with one attached hydrogen (secondary N) is 1. The van der Waals surface area contributed by atoms with Crippen LogP contribution in [0.5, 0.6) is 0 Å². The molecule has 0 radical (unpaired) electrons. The Bertz CT molecular complexity index is 856. The topological polar surface area (TPSA) is 18.5 Å². The lowest BCUT2D eigenvalue weighted by Gasteiger charge is -2.39. The second-order valence-corrected chi connectivity index (χ2v) is 9.76. The fourth-order valence-corrected chi connectivity index (χ4v) is 4.92. The van der Waals surface area contributed by atoms with Gasteiger partial charge in [-0.1, -0.05) is 63.0 Å². The number of nitrogens with zero attached hydrogens (tertiary/aromatic N) is 2. The predicted molar refractivity (Wildman–Crippen MR) is 138 cm³/mol. The van der Waals surface area contributed by atoms with E-state index in [0.29, 0.717) is 12.0 Å². The number of benzene rings is 2. The third-order valence-corrected chi connectivity index (χ3v) is 6.90. The summed E-state index contributed by atoms with van der Waals surface area (Å²) in [5.74, 6) is 0.675. The molecule has 1 aliphatic heterocycles. The van der Waals surface area contributed by atoms with Gasteiger partial charge in [0.1, 0.15) is 4.99 Å². The number of hydrogen-bond acceptors (Lipinski definition) is 4. The molecule has 30 heavy (non-hydrogen) atoms. The second-order valence-electron chi connectivity index (χ2n) is 8.26.